The van der Waals surface area contributed by atoms with Gasteiger partial charge < -0.3 is 20.3 Å². The molecule has 0 aromatic carbocycles. The van der Waals surface area contributed by atoms with Crippen molar-refractivity contribution in [1.29, 1.82) is 0 Å². The maximum absolute atomic E-state index is 5.07. The molecule has 0 aromatic rings. The van der Waals surface area contributed by atoms with Gasteiger partial charge in [0.05, 0.1) is 6.61 Å². The summed E-state index contributed by atoms with van der Waals surface area (Å²) in [5, 5.41) is 6.82. The fourth-order valence-corrected chi connectivity index (χ4v) is 2.06. The van der Waals surface area contributed by atoms with Crippen molar-refractivity contribution in [2.75, 3.05) is 47.4 Å². The third kappa shape index (κ3) is 12.6. The monoisotopic (exact) mass is 300 g/mol. The second-order valence-electron chi connectivity index (χ2n) is 6.17. The van der Waals surface area contributed by atoms with Crippen molar-refractivity contribution in [1.82, 2.24) is 15.5 Å². The summed E-state index contributed by atoms with van der Waals surface area (Å²) >= 11 is 0. The minimum Gasteiger partial charge on any atom is -0.383 e. The highest BCUT2D eigenvalue weighted by atomic mass is 16.5. The van der Waals surface area contributed by atoms with Gasteiger partial charge in [-0.1, -0.05) is 26.7 Å². The van der Waals surface area contributed by atoms with Gasteiger partial charge in [-0.15, -0.1) is 0 Å². The molecule has 1 atom stereocenters. The number of aliphatic imine (C=N–C) groups is 1. The van der Waals surface area contributed by atoms with Crippen LogP contribution >= 0.6 is 0 Å². The van der Waals surface area contributed by atoms with E-state index in [4.69, 9.17) is 4.74 Å². The van der Waals surface area contributed by atoms with Crippen LogP contribution in [0, 0.1) is 5.92 Å². The molecule has 0 saturated carbocycles. The van der Waals surface area contributed by atoms with Crippen LogP contribution in [-0.4, -0.2) is 64.3 Å². The van der Waals surface area contributed by atoms with Crippen LogP contribution in [0.3, 0.4) is 0 Å². The van der Waals surface area contributed by atoms with Gasteiger partial charge in [-0.05, 0) is 26.3 Å². The summed E-state index contributed by atoms with van der Waals surface area (Å²) in [4.78, 5) is 6.53. The summed E-state index contributed by atoms with van der Waals surface area (Å²) in [7, 11) is 5.66. The van der Waals surface area contributed by atoms with E-state index in [9.17, 15) is 0 Å². The maximum atomic E-state index is 5.07. The fraction of sp³-hybridized carbons (Fsp3) is 0.938. The summed E-state index contributed by atoms with van der Waals surface area (Å²) in [6.45, 7) is 10.4. The standard InChI is InChI=1S/C16H36N4O/c1-14(2)8-7-9-15(3)19-16(17-4)18-10-11-20(5)12-13-21-6/h14-15H,7-13H2,1-6H3,(H2,17,18,19). The van der Waals surface area contributed by atoms with Crippen LogP contribution in [0.15, 0.2) is 4.99 Å². The van der Waals surface area contributed by atoms with Crippen molar-refractivity contribution in [3.05, 3.63) is 0 Å². The number of guanidine groups is 1. The normalized spacial score (nSPS) is 13.8. The summed E-state index contributed by atoms with van der Waals surface area (Å²) in [6, 6.07) is 0.459. The summed E-state index contributed by atoms with van der Waals surface area (Å²) in [6.07, 6.45) is 3.75. The molecule has 5 nitrogen and oxygen atoms in total. The summed E-state index contributed by atoms with van der Waals surface area (Å²) in [5.41, 5.74) is 0. The first kappa shape index (κ1) is 20.2. The van der Waals surface area contributed by atoms with Gasteiger partial charge in [0, 0.05) is 39.8 Å². The van der Waals surface area contributed by atoms with Crippen molar-refractivity contribution >= 4 is 5.96 Å². The van der Waals surface area contributed by atoms with Crippen LogP contribution < -0.4 is 10.6 Å². The molecule has 0 aliphatic rings. The van der Waals surface area contributed by atoms with Crippen LogP contribution in [0.5, 0.6) is 0 Å². The highest BCUT2D eigenvalue weighted by molar-refractivity contribution is 5.79. The van der Waals surface area contributed by atoms with Crippen LogP contribution in [0.4, 0.5) is 0 Å². The van der Waals surface area contributed by atoms with Crippen LogP contribution in [0.1, 0.15) is 40.0 Å². The molecule has 0 saturated heterocycles. The van der Waals surface area contributed by atoms with Crippen LogP contribution in [-0.2, 0) is 4.74 Å². The fourth-order valence-electron chi connectivity index (χ4n) is 2.06. The maximum Gasteiger partial charge on any atom is 0.191 e. The summed E-state index contributed by atoms with van der Waals surface area (Å²) in [5.74, 6) is 1.68. The molecule has 0 radical (unpaired) electrons. The highest BCUT2D eigenvalue weighted by Crippen LogP contribution is 2.07. The predicted molar refractivity (Wildman–Crippen MR) is 92.0 cm³/mol. The lowest BCUT2D eigenvalue weighted by molar-refractivity contribution is 0.162. The Morgan fingerprint density at radius 1 is 1.19 bits per heavy atom. The Morgan fingerprint density at radius 3 is 2.48 bits per heavy atom. The molecule has 0 rings (SSSR count). The van der Waals surface area contributed by atoms with Gasteiger partial charge in [-0.2, -0.15) is 0 Å². The van der Waals surface area contributed by atoms with Gasteiger partial charge in [0.15, 0.2) is 5.96 Å². The number of rotatable bonds is 11. The van der Waals surface area contributed by atoms with E-state index in [1.807, 2.05) is 7.05 Å². The number of hydrogen-bond donors (Lipinski definition) is 2. The Hall–Kier alpha value is -0.810. The number of methoxy groups -OCH3 is 1. The van der Waals surface area contributed by atoms with Crippen molar-refractivity contribution in [2.24, 2.45) is 10.9 Å². The second-order valence-corrected chi connectivity index (χ2v) is 6.17. The molecule has 2 N–H and O–H groups in total. The Morgan fingerprint density at radius 2 is 1.90 bits per heavy atom. The van der Waals surface area contributed by atoms with Crippen molar-refractivity contribution < 1.29 is 4.74 Å². The van der Waals surface area contributed by atoms with Gasteiger partial charge in [0.25, 0.3) is 0 Å². The molecular formula is C16H36N4O. The minimum absolute atomic E-state index is 0.459. The van der Waals surface area contributed by atoms with Crippen LogP contribution in [0.25, 0.3) is 0 Å². The zero-order valence-corrected chi connectivity index (χ0v) is 14.9. The lowest BCUT2D eigenvalue weighted by Gasteiger charge is -2.20. The van der Waals surface area contributed by atoms with E-state index in [1.54, 1.807) is 7.11 Å². The third-order valence-corrected chi connectivity index (χ3v) is 3.49. The van der Waals surface area contributed by atoms with Gasteiger partial charge in [-0.25, -0.2) is 0 Å². The Balaban J connectivity index is 3.80. The Bertz CT molecular complexity index is 269. The first-order valence-electron chi connectivity index (χ1n) is 8.14. The van der Waals surface area contributed by atoms with Crippen molar-refractivity contribution in [3.63, 3.8) is 0 Å². The molecule has 0 fully saturated rings. The first-order chi connectivity index (χ1) is 9.99. The number of likely N-dealkylation sites (N-methyl/N-ethyl adjacent to an activating group) is 1. The molecule has 0 spiro atoms. The average Bonchev–Trinajstić information content (AvgIpc) is 2.43. The average molecular weight is 300 g/mol. The molecule has 1 unspecified atom stereocenters. The molecular weight excluding hydrogens is 264 g/mol. The van der Waals surface area contributed by atoms with Crippen molar-refractivity contribution in [2.45, 2.75) is 46.1 Å². The van der Waals surface area contributed by atoms with E-state index in [2.05, 4.69) is 48.3 Å². The lowest BCUT2D eigenvalue weighted by atomic mass is 10.0. The minimum atomic E-state index is 0.459. The summed E-state index contributed by atoms with van der Waals surface area (Å²) < 4.78 is 5.07. The highest BCUT2D eigenvalue weighted by Gasteiger charge is 2.06. The second kappa shape index (κ2) is 12.9. The molecule has 0 aliphatic heterocycles. The quantitative estimate of drug-likeness (QED) is 0.452. The third-order valence-electron chi connectivity index (χ3n) is 3.49. The Kier molecular flexibility index (Phi) is 12.4. The molecule has 0 heterocycles. The SMILES string of the molecule is CN=C(NCCN(C)CCOC)NC(C)CCCC(C)C. The van der Waals surface area contributed by atoms with Crippen LogP contribution in [0.2, 0.25) is 0 Å². The Labute approximate surface area is 131 Å². The molecule has 21 heavy (non-hydrogen) atoms. The van der Waals surface area contributed by atoms with Gasteiger partial charge in [0.1, 0.15) is 0 Å². The van der Waals surface area contributed by atoms with E-state index >= 15 is 0 Å². The van der Waals surface area contributed by atoms with E-state index in [0.29, 0.717) is 6.04 Å². The molecule has 0 aliphatic carbocycles. The molecule has 0 amide bonds. The first-order valence-corrected chi connectivity index (χ1v) is 8.14. The lowest BCUT2D eigenvalue weighted by Crippen LogP contribution is -2.44. The van der Waals surface area contributed by atoms with Gasteiger partial charge in [0.2, 0.25) is 0 Å². The zero-order chi connectivity index (χ0) is 16.1. The van der Waals surface area contributed by atoms with Gasteiger partial charge in [-0.3, -0.25) is 4.99 Å². The largest absolute Gasteiger partial charge is 0.383 e. The number of nitrogens with one attached hydrogen (secondary N) is 2. The molecule has 0 aromatic heterocycles. The zero-order valence-electron chi connectivity index (χ0n) is 14.9. The van der Waals surface area contributed by atoms with E-state index in [0.717, 1.165) is 38.1 Å². The smallest absolute Gasteiger partial charge is 0.191 e. The predicted octanol–water partition coefficient (Wildman–Crippen LogP) is 1.94. The topological polar surface area (TPSA) is 48.9 Å². The number of hydrogen-bond acceptors (Lipinski definition) is 3. The van der Waals surface area contributed by atoms with Gasteiger partial charge >= 0.3 is 0 Å². The van der Waals surface area contributed by atoms with E-state index in [1.165, 1.54) is 19.3 Å². The molecule has 126 valence electrons. The van der Waals surface area contributed by atoms with Crippen molar-refractivity contribution in [3.8, 4) is 0 Å². The molecule has 0 bridgehead atoms. The number of nitrogens with zero attached hydrogens (tertiary/aromatic N) is 2. The van der Waals surface area contributed by atoms with E-state index in [-0.39, 0.29) is 0 Å². The molecule has 5 heteroatoms. The van der Waals surface area contributed by atoms with E-state index < -0.39 is 0 Å². The number of ether oxygens (including phenoxy) is 1.